The van der Waals surface area contributed by atoms with Gasteiger partial charge in [0.15, 0.2) is 11.5 Å². The summed E-state index contributed by atoms with van der Waals surface area (Å²) < 4.78 is 11.0. The molecular weight excluding hydrogens is 344 g/mol. The van der Waals surface area contributed by atoms with Gasteiger partial charge in [-0.3, -0.25) is 9.59 Å². The van der Waals surface area contributed by atoms with E-state index in [0.717, 1.165) is 12.8 Å². The van der Waals surface area contributed by atoms with Crippen molar-refractivity contribution >= 4 is 17.5 Å². The third-order valence-electron chi connectivity index (χ3n) is 3.95. The first-order valence-corrected chi connectivity index (χ1v) is 8.90. The summed E-state index contributed by atoms with van der Waals surface area (Å²) in [6.07, 6.45) is 1.99. The summed E-state index contributed by atoms with van der Waals surface area (Å²) in [5.74, 6) is 0.709. The first-order chi connectivity index (χ1) is 13.0. The number of amides is 2. The van der Waals surface area contributed by atoms with E-state index in [1.807, 2.05) is 0 Å². The van der Waals surface area contributed by atoms with Gasteiger partial charge in [0, 0.05) is 30.9 Å². The van der Waals surface area contributed by atoms with E-state index >= 15 is 0 Å². The highest BCUT2D eigenvalue weighted by Crippen LogP contribution is 2.28. The minimum atomic E-state index is -0.289. The highest BCUT2D eigenvalue weighted by Gasteiger charge is 2.13. The highest BCUT2D eigenvalue weighted by molar-refractivity contribution is 6.05. The van der Waals surface area contributed by atoms with Crippen LogP contribution in [0.1, 0.15) is 40.5 Å². The SMILES string of the molecule is CCCCOc1ccc(C(=O)Nc2cccc(C(=O)N(C)C)c2)cc1OC. The zero-order chi connectivity index (χ0) is 19.8. The van der Waals surface area contributed by atoms with Crippen LogP contribution in [0.15, 0.2) is 42.5 Å². The van der Waals surface area contributed by atoms with Gasteiger partial charge in [-0.2, -0.15) is 0 Å². The predicted molar refractivity (Wildman–Crippen MR) is 106 cm³/mol. The summed E-state index contributed by atoms with van der Waals surface area (Å²) in [7, 11) is 4.91. The zero-order valence-corrected chi connectivity index (χ0v) is 16.2. The van der Waals surface area contributed by atoms with Gasteiger partial charge < -0.3 is 19.7 Å². The highest BCUT2D eigenvalue weighted by atomic mass is 16.5. The molecule has 2 amide bonds. The van der Waals surface area contributed by atoms with Crippen molar-refractivity contribution in [1.82, 2.24) is 4.90 Å². The lowest BCUT2D eigenvalue weighted by atomic mass is 10.1. The number of hydrogen-bond donors (Lipinski definition) is 1. The quantitative estimate of drug-likeness (QED) is 0.717. The van der Waals surface area contributed by atoms with Crippen molar-refractivity contribution in [3.8, 4) is 11.5 Å². The minimum Gasteiger partial charge on any atom is -0.493 e. The minimum absolute atomic E-state index is 0.124. The number of anilines is 1. The maximum absolute atomic E-state index is 12.6. The Labute approximate surface area is 160 Å². The lowest BCUT2D eigenvalue weighted by Crippen LogP contribution is -2.22. The standard InChI is InChI=1S/C21H26N2O4/c1-5-6-12-27-18-11-10-15(14-19(18)26-4)20(24)22-17-9-7-8-16(13-17)21(25)23(2)3/h7-11,13-14H,5-6,12H2,1-4H3,(H,22,24). The molecule has 0 aromatic heterocycles. The molecule has 0 aliphatic carbocycles. The molecular formula is C21H26N2O4. The molecule has 0 aliphatic rings. The van der Waals surface area contributed by atoms with Crippen LogP contribution < -0.4 is 14.8 Å². The molecule has 0 unspecified atom stereocenters. The van der Waals surface area contributed by atoms with E-state index in [9.17, 15) is 9.59 Å². The molecule has 0 saturated carbocycles. The Bertz CT molecular complexity index is 803. The van der Waals surface area contributed by atoms with Crippen molar-refractivity contribution in [2.75, 3.05) is 33.1 Å². The molecule has 0 saturated heterocycles. The van der Waals surface area contributed by atoms with Crippen LogP contribution in [0.25, 0.3) is 0 Å². The third-order valence-corrected chi connectivity index (χ3v) is 3.95. The van der Waals surface area contributed by atoms with E-state index in [0.29, 0.717) is 34.9 Å². The van der Waals surface area contributed by atoms with E-state index < -0.39 is 0 Å². The van der Waals surface area contributed by atoms with Crippen LogP contribution in [-0.2, 0) is 0 Å². The molecule has 0 spiro atoms. The van der Waals surface area contributed by atoms with Crippen molar-refractivity contribution in [2.45, 2.75) is 19.8 Å². The van der Waals surface area contributed by atoms with E-state index in [-0.39, 0.29) is 11.8 Å². The van der Waals surface area contributed by atoms with Crippen LogP contribution >= 0.6 is 0 Å². The van der Waals surface area contributed by atoms with Crippen LogP contribution in [0.3, 0.4) is 0 Å². The average Bonchev–Trinajstić information content (AvgIpc) is 2.67. The van der Waals surface area contributed by atoms with Crippen LogP contribution in [0, 0.1) is 0 Å². The van der Waals surface area contributed by atoms with Crippen molar-refractivity contribution in [2.24, 2.45) is 0 Å². The van der Waals surface area contributed by atoms with Gasteiger partial charge in [0.25, 0.3) is 11.8 Å². The largest absolute Gasteiger partial charge is 0.493 e. The molecule has 0 atom stereocenters. The molecule has 6 nitrogen and oxygen atoms in total. The number of carbonyl (C=O) groups is 2. The van der Waals surface area contributed by atoms with Crippen molar-refractivity contribution < 1.29 is 19.1 Å². The zero-order valence-electron chi connectivity index (χ0n) is 16.2. The molecule has 0 aliphatic heterocycles. The number of methoxy groups -OCH3 is 1. The summed E-state index contributed by atoms with van der Waals surface area (Å²) in [4.78, 5) is 26.1. The Morgan fingerprint density at radius 1 is 1.04 bits per heavy atom. The fraction of sp³-hybridized carbons (Fsp3) is 0.333. The van der Waals surface area contributed by atoms with Crippen LogP contribution in [-0.4, -0.2) is 44.5 Å². The number of hydrogen-bond acceptors (Lipinski definition) is 4. The predicted octanol–water partition coefficient (Wildman–Crippen LogP) is 3.83. The summed E-state index contributed by atoms with van der Waals surface area (Å²) in [5, 5.41) is 2.81. The van der Waals surface area contributed by atoms with E-state index in [4.69, 9.17) is 9.47 Å². The molecule has 2 aromatic carbocycles. The normalized spacial score (nSPS) is 10.2. The van der Waals surface area contributed by atoms with Gasteiger partial charge in [-0.15, -0.1) is 0 Å². The molecule has 6 heteroatoms. The smallest absolute Gasteiger partial charge is 0.255 e. The Kier molecular flexibility index (Phi) is 7.23. The second-order valence-electron chi connectivity index (χ2n) is 6.30. The van der Waals surface area contributed by atoms with Crippen molar-refractivity contribution in [1.29, 1.82) is 0 Å². The monoisotopic (exact) mass is 370 g/mol. The van der Waals surface area contributed by atoms with Gasteiger partial charge in [0.1, 0.15) is 0 Å². The lowest BCUT2D eigenvalue weighted by Gasteiger charge is -2.13. The number of ether oxygens (including phenoxy) is 2. The fourth-order valence-corrected chi connectivity index (χ4v) is 2.45. The van der Waals surface area contributed by atoms with Gasteiger partial charge in [0.2, 0.25) is 0 Å². The Morgan fingerprint density at radius 2 is 1.81 bits per heavy atom. The first-order valence-electron chi connectivity index (χ1n) is 8.90. The van der Waals surface area contributed by atoms with Crippen molar-refractivity contribution in [3.05, 3.63) is 53.6 Å². The molecule has 0 fully saturated rings. The van der Waals surface area contributed by atoms with E-state index in [2.05, 4.69) is 12.2 Å². The number of rotatable bonds is 8. The topological polar surface area (TPSA) is 67.9 Å². The molecule has 2 rings (SSSR count). The van der Waals surface area contributed by atoms with Crippen molar-refractivity contribution in [3.63, 3.8) is 0 Å². The number of nitrogens with one attached hydrogen (secondary N) is 1. The van der Waals surface area contributed by atoms with Gasteiger partial charge in [-0.25, -0.2) is 0 Å². The fourth-order valence-electron chi connectivity index (χ4n) is 2.45. The molecule has 0 heterocycles. The number of nitrogens with zero attached hydrogens (tertiary/aromatic N) is 1. The van der Waals surface area contributed by atoms with E-state index in [1.54, 1.807) is 63.7 Å². The first kappa shape index (κ1) is 20.3. The Balaban J connectivity index is 2.14. The number of unbranched alkanes of at least 4 members (excludes halogenated alkanes) is 1. The third kappa shape index (κ3) is 5.48. The van der Waals surface area contributed by atoms with Gasteiger partial charge in [-0.1, -0.05) is 19.4 Å². The molecule has 0 bridgehead atoms. The Morgan fingerprint density at radius 3 is 2.48 bits per heavy atom. The second kappa shape index (κ2) is 9.62. The summed E-state index contributed by atoms with van der Waals surface area (Å²) >= 11 is 0. The summed E-state index contributed by atoms with van der Waals surface area (Å²) in [5.41, 5.74) is 1.50. The lowest BCUT2D eigenvalue weighted by molar-refractivity contribution is 0.0827. The maximum Gasteiger partial charge on any atom is 0.255 e. The van der Waals surface area contributed by atoms with Crippen LogP contribution in [0.4, 0.5) is 5.69 Å². The number of carbonyl (C=O) groups excluding carboxylic acids is 2. The molecule has 1 N–H and O–H groups in total. The molecule has 27 heavy (non-hydrogen) atoms. The van der Waals surface area contributed by atoms with Gasteiger partial charge in [-0.05, 0) is 42.8 Å². The molecule has 144 valence electrons. The van der Waals surface area contributed by atoms with Crippen LogP contribution in [0.2, 0.25) is 0 Å². The Hall–Kier alpha value is -3.02. The summed E-state index contributed by atoms with van der Waals surface area (Å²) in [6.45, 7) is 2.69. The van der Waals surface area contributed by atoms with Crippen LogP contribution in [0.5, 0.6) is 11.5 Å². The average molecular weight is 370 g/mol. The number of benzene rings is 2. The van der Waals surface area contributed by atoms with E-state index in [1.165, 1.54) is 4.90 Å². The molecule has 2 aromatic rings. The maximum atomic E-state index is 12.6. The van der Waals surface area contributed by atoms with Gasteiger partial charge in [0.05, 0.1) is 13.7 Å². The molecule has 0 radical (unpaired) electrons. The second-order valence-corrected chi connectivity index (χ2v) is 6.30. The summed E-state index contributed by atoms with van der Waals surface area (Å²) in [6, 6.07) is 11.9. The van der Waals surface area contributed by atoms with Gasteiger partial charge >= 0.3 is 0 Å².